The first-order valence-electron chi connectivity index (χ1n) is 11.0. The number of hydrogen-bond acceptors (Lipinski definition) is 5. The molecule has 0 saturated carbocycles. The van der Waals surface area contributed by atoms with E-state index in [1.54, 1.807) is 24.3 Å². The van der Waals surface area contributed by atoms with Crippen molar-refractivity contribution in [1.82, 2.24) is 0 Å². The van der Waals surface area contributed by atoms with Gasteiger partial charge < -0.3 is 19.3 Å². The maximum Gasteiger partial charge on any atom is 0.341 e. The highest BCUT2D eigenvalue weighted by Gasteiger charge is 2.12. The second kappa shape index (κ2) is 12.3. The molecule has 3 aromatic carbocycles. The highest BCUT2D eigenvalue weighted by atomic mass is 16.5. The predicted octanol–water partition coefficient (Wildman–Crippen LogP) is 5.18. The summed E-state index contributed by atoms with van der Waals surface area (Å²) in [5, 5.41) is 8.63. The molecule has 172 valence electrons. The summed E-state index contributed by atoms with van der Waals surface area (Å²) in [7, 11) is 0. The summed E-state index contributed by atoms with van der Waals surface area (Å²) in [5.74, 6) is 0.933. The van der Waals surface area contributed by atoms with Crippen molar-refractivity contribution in [2.45, 2.75) is 26.2 Å². The standard InChI is InChI=1S/C27H28O6/c1-2-7-21-18-22(27(30)20-8-4-3-5-9-20)10-15-25(21)32-17-6-16-31-23-11-13-24(14-12-23)33-19-26(28)29/h3-5,8-15,18H,2,6-7,16-17,19H2,1H3,(H,28,29). The number of benzene rings is 3. The van der Waals surface area contributed by atoms with Crippen molar-refractivity contribution < 1.29 is 28.9 Å². The van der Waals surface area contributed by atoms with Gasteiger partial charge in [0.15, 0.2) is 12.4 Å². The van der Waals surface area contributed by atoms with Gasteiger partial charge in [0, 0.05) is 17.5 Å². The molecule has 0 unspecified atom stereocenters. The summed E-state index contributed by atoms with van der Waals surface area (Å²) in [4.78, 5) is 23.3. The minimum Gasteiger partial charge on any atom is -0.493 e. The second-order valence-corrected chi connectivity index (χ2v) is 7.47. The maximum absolute atomic E-state index is 12.7. The van der Waals surface area contributed by atoms with Gasteiger partial charge in [0.2, 0.25) is 0 Å². The Balaban J connectivity index is 1.49. The highest BCUT2D eigenvalue weighted by Crippen LogP contribution is 2.24. The van der Waals surface area contributed by atoms with Crippen LogP contribution in [0.3, 0.4) is 0 Å². The van der Waals surface area contributed by atoms with E-state index in [1.165, 1.54) is 0 Å². The van der Waals surface area contributed by atoms with E-state index in [-0.39, 0.29) is 12.4 Å². The van der Waals surface area contributed by atoms with Crippen LogP contribution in [0.25, 0.3) is 0 Å². The van der Waals surface area contributed by atoms with Gasteiger partial charge in [-0.05, 0) is 54.4 Å². The Morgan fingerprint density at radius 1 is 0.788 bits per heavy atom. The van der Waals surface area contributed by atoms with Crippen LogP contribution >= 0.6 is 0 Å². The molecule has 0 atom stereocenters. The number of carbonyl (C=O) groups is 2. The maximum atomic E-state index is 12.7. The van der Waals surface area contributed by atoms with Crippen molar-refractivity contribution >= 4 is 11.8 Å². The monoisotopic (exact) mass is 448 g/mol. The van der Waals surface area contributed by atoms with Crippen LogP contribution in [-0.2, 0) is 11.2 Å². The van der Waals surface area contributed by atoms with Crippen molar-refractivity contribution in [3.63, 3.8) is 0 Å². The third kappa shape index (κ3) is 7.38. The minimum absolute atomic E-state index is 0.00674. The fraction of sp³-hybridized carbons (Fsp3) is 0.259. The van der Waals surface area contributed by atoms with Gasteiger partial charge in [0.25, 0.3) is 0 Å². The lowest BCUT2D eigenvalue weighted by Gasteiger charge is -2.13. The summed E-state index contributed by atoms with van der Waals surface area (Å²) in [5.41, 5.74) is 2.36. The molecule has 0 aliphatic heterocycles. The zero-order valence-corrected chi connectivity index (χ0v) is 18.7. The van der Waals surface area contributed by atoms with Gasteiger partial charge in [-0.25, -0.2) is 4.79 Å². The third-order valence-electron chi connectivity index (χ3n) is 4.88. The fourth-order valence-electron chi connectivity index (χ4n) is 3.29. The van der Waals surface area contributed by atoms with Gasteiger partial charge in [0.1, 0.15) is 17.2 Å². The van der Waals surface area contributed by atoms with E-state index in [4.69, 9.17) is 19.3 Å². The molecule has 0 amide bonds. The van der Waals surface area contributed by atoms with Crippen LogP contribution in [-0.4, -0.2) is 36.7 Å². The minimum atomic E-state index is -1.02. The number of aryl methyl sites for hydroxylation is 1. The number of ketones is 1. The summed E-state index contributed by atoms with van der Waals surface area (Å²) in [6, 6.07) is 21.7. The number of ether oxygens (including phenoxy) is 3. The van der Waals surface area contributed by atoms with E-state index in [0.717, 1.165) is 24.2 Å². The Morgan fingerprint density at radius 3 is 2.12 bits per heavy atom. The van der Waals surface area contributed by atoms with Crippen LogP contribution in [0.1, 0.15) is 41.3 Å². The van der Waals surface area contributed by atoms with Crippen molar-refractivity contribution in [2.75, 3.05) is 19.8 Å². The zero-order chi connectivity index (χ0) is 23.5. The number of aliphatic carboxylic acids is 1. The van der Waals surface area contributed by atoms with Crippen LogP contribution in [0, 0.1) is 0 Å². The Bertz CT molecular complexity index is 1040. The molecule has 0 spiro atoms. The summed E-state index contributed by atoms with van der Waals surface area (Å²) >= 11 is 0. The second-order valence-electron chi connectivity index (χ2n) is 7.47. The van der Waals surface area contributed by atoms with E-state index in [1.807, 2.05) is 48.5 Å². The van der Waals surface area contributed by atoms with E-state index in [9.17, 15) is 9.59 Å². The first-order chi connectivity index (χ1) is 16.1. The topological polar surface area (TPSA) is 82.1 Å². The molecular weight excluding hydrogens is 420 g/mol. The largest absolute Gasteiger partial charge is 0.493 e. The number of carboxylic acids is 1. The van der Waals surface area contributed by atoms with Crippen molar-refractivity contribution in [1.29, 1.82) is 0 Å². The molecule has 0 aromatic heterocycles. The summed E-state index contributed by atoms with van der Waals surface area (Å²) < 4.78 is 16.8. The molecule has 0 aliphatic rings. The van der Waals surface area contributed by atoms with Crippen molar-refractivity contribution in [3.8, 4) is 17.2 Å². The number of rotatable bonds is 13. The van der Waals surface area contributed by atoms with E-state index in [0.29, 0.717) is 42.3 Å². The highest BCUT2D eigenvalue weighted by molar-refractivity contribution is 6.09. The molecular formula is C27H28O6. The first-order valence-corrected chi connectivity index (χ1v) is 11.0. The molecule has 6 nitrogen and oxygen atoms in total. The predicted molar refractivity (Wildman–Crippen MR) is 125 cm³/mol. The first kappa shape index (κ1) is 23.9. The number of hydrogen-bond donors (Lipinski definition) is 1. The van der Waals surface area contributed by atoms with Crippen molar-refractivity contribution in [2.24, 2.45) is 0 Å². The molecule has 0 saturated heterocycles. The molecule has 0 fully saturated rings. The lowest BCUT2D eigenvalue weighted by Crippen LogP contribution is -2.09. The summed E-state index contributed by atoms with van der Waals surface area (Å²) in [6.45, 7) is 2.69. The molecule has 6 heteroatoms. The number of carbonyl (C=O) groups excluding carboxylic acids is 1. The van der Waals surface area contributed by atoms with Gasteiger partial charge in [-0.2, -0.15) is 0 Å². The lowest BCUT2D eigenvalue weighted by atomic mass is 9.99. The molecule has 0 heterocycles. The molecule has 1 N–H and O–H groups in total. The van der Waals surface area contributed by atoms with E-state index in [2.05, 4.69) is 6.92 Å². The molecule has 0 aliphatic carbocycles. The van der Waals surface area contributed by atoms with Crippen LogP contribution < -0.4 is 14.2 Å². The van der Waals surface area contributed by atoms with Crippen LogP contribution in [0.2, 0.25) is 0 Å². The van der Waals surface area contributed by atoms with Crippen molar-refractivity contribution in [3.05, 3.63) is 89.5 Å². The SMILES string of the molecule is CCCc1cc(C(=O)c2ccccc2)ccc1OCCCOc1ccc(OCC(=O)O)cc1. The molecule has 3 aromatic rings. The fourth-order valence-corrected chi connectivity index (χ4v) is 3.29. The molecule has 0 radical (unpaired) electrons. The smallest absolute Gasteiger partial charge is 0.341 e. The van der Waals surface area contributed by atoms with Gasteiger partial charge in [-0.15, -0.1) is 0 Å². The van der Waals surface area contributed by atoms with E-state index < -0.39 is 5.97 Å². The lowest BCUT2D eigenvalue weighted by molar-refractivity contribution is -0.139. The molecule has 33 heavy (non-hydrogen) atoms. The Hall–Kier alpha value is -3.80. The summed E-state index contributed by atoms with van der Waals surface area (Å²) in [6.07, 6.45) is 2.47. The van der Waals surface area contributed by atoms with Gasteiger partial charge >= 0.3 is 5.97 Å². The van der Waals surface area contributed by atoms with Gasteiger partial charge in [-0.3, -0.25) is 4.79 Å². The normalized spacial score (nSPS) is 10.5. The van der Waals surface area contributed by atoms with Crippen LogP contribution in [0.5, 0.6) is 17.2 Å². The van der Waals surface area contributed by atoms with Crippen LogP contribution in [0.4, 0.5) is 0 Å². The average molecular weight is 449 g/mol. The Labute approximate surface area is 193 Å². The third-order valence-corrected chi connectivity index (χ3v) is 4.88. The van der Waals surface area contributed by atoms with Gasteiger partial charge in [-0.1, -0.05) is 43.7 Å². The molecule has 3 rings (SSSR count). The zero-order valence-electron chi connectivity index (χ0n) is 18.7. The molecule has 0 bridgehead atoms. The average Bonchev–Trinajstić information content (AvgIpc) is 2.84. The Morgan fingerprint density at radius 2 is 1.45 bits per heavy atom. The van der Waals surface area contributed by atoms with E-state index >= 15 is 0 Å². The van der Waals surface area contributed by atoms with Crippen LogP contribution in [0.15, 0.2) is 72.8 Å². The Kier molecular flexibility index (Phi) is 8.88. The van der Waals surface area contributed by atoms with Gasteiger partial charge in [0.05, 0.1) is 13.2 Å². The number of carboxylic acid groups (broad SMARTS) is 1. The quantitative estimate of drug-likeness (QED) is 0.287.